The third-order valence-corrected chi connectivity index (χ3v) is 4.49. The Kier molecular flexibility index (Phi) is 5.60. The first-order chi connectivity index (χ1) is 12.7. The molecular formula is C19H16N2O4S. The maximum atomic E-state index is 11.9. The number of methoxy groups -OCH3 is 1. The van der Waals surface area contributed by atoms with Gasteiger partial charge in [0.05, 0.1) is 29.6 Å². The highest BCUT2D eigenvalue weighted by Gasteiger charge is 2.11. The summed E-state index contributed by atoms with van der Waals surface area (Å²) in [6.07, 6.45) is 1.56. The van der Waals surface area contributed by atoms with Crippen molar-refractivity contribution in [1.82, 2.24) is 4.98 Å². The molecule has 1 aromatic carbocycles. The summed E-state index contributed by atoms with van der Waals surface area (Å²) in [5.74, 6) is -0.00807. The molecule has 0 aliphatic carbocycles. The van der Waals surface area contributed by atoms with Crippen LogP contribution in [0.15, 0.2) is 60.8 Å². The van der Waals surface area contributed by atoms with E-state index >= 15 is 0 Å². The van der Waals surface area contributed by atoms with Crippen LogP contribution in [-0.2, 0) is 9.53 Å². The molecule has 1 amide bonds. The van der Waals surface area contributed by atoms with E-state index in [-0.39, 0.29) is 18.5 Å². The number of carbonyl (C=O) groups is 2. The molecule has 132 valence electrons. The predicted octanol–water partition coefficient (Wildman–Crippen LogP) is 3.61. The second kappa shape index (κ2) is 8.26. The number of benzene rings is 1. The second-order valence-electron chi connectivity index (χ2n) is 5.24. The van der Waals surface area contributed by atoms with E-state index in [9.17, 15) is 9.59 Å². The number of ether oxygens (including phenoxy) is 2. The lowest BCUT2D eigenvalue weighted by atomic mass is 10.3. The molecule has 2 aromatic heterocycles. The normalized spacial score (nSPS) is 10.2. The van der Waals surface area contributed by atoms with Gasteiger partial charge in [0, 0.05) is 0 Å². The molecule has 0 saturated carbocycles. The molecule has 0 fully saturated rings. The molecule has 0 unspecified atom stereocenters. The third-order valence-electron chi connectivity index (χ3n) is 3.41. The van der Waals surface area contributed by atoms with Crippen LogP contribution in [0.2, 0.25) is 0 Å². The number of nitrogens with zero attached hydrogens (tertiary/aromatic N) is 1. The van der Waals surface area contributed by atoms with Crippen molar-refractivity contribution in [3.8, 4) is 16.3 Å². The fourth-order valence-corrected chi connectivity index (χ4v) is 3.06. The standard InChI is InChI=1S/C19H16N2O4S/c1-24-19(23)17-10-9-16(26-17)15-8-7-13(11-20-15)21-18(22)12-25-14-5-3-2-4-6-14/h2-11H,12H2,1H3,(H,21,22). The number of hydrogen-bond acceptors (Lipinski definition) is 6. The lowest BCUT2D eigenvalue weighted by Crippen LogP contribution is -2.20. The van der Waals surface area contributed by atoms with Crippen molar-refractivity contribution in [1.29, 1.82) is 0 Å². The Bertz CT molecular complexity index is 891. The van der Waals surface area contributed by atoms with Crippen molar-refractivity contribution in [2.75, 3.05) is 19.0 Å². The Hall–Kier alpha value is -3.19. The topological polar surface area (TPSA) is 77.5 Å². The average Bonchev–Trinajstić information content (AvgIpc) is 3.17. The molecule has 26 heavy (non-hydrogen) atoms. The zero-order valence-corrected chi connectivity index (χ0v) is 14.8. The van der Waals surface area contributed by atoms with Crippen molar-refractivity contribution >= 4 is 28.9 Å². The number of carbonyl (C=O) groups excluding carboxylic acids is 2. The van der Waals surface area contributed by atoms with Gasteiger partial charge in [-0.3, -0.25) is 9.78 Å². The highest BCUT2D eigenvalue weighted by Crippen LogP contribution is 2.27. The Morgan fingerprint density at radius 2 is 1.88 bits per heavy atom. The Morgan fingerprint density at radius 1 is 1.08 bits per heavy atom. The van der Waals surface area contributed by atoms with Crippen LogP contribution < -0.4 is 10.1 Å². The molecule has 1 N–H and O–H groups in total. The SMILES string of the molecule is COC(=O)c1ccc(-c2ccc(NC(=O)COc3ccccc3)cn2)s1. The summed E-state index contributed by atoms with van der Waals surface area (Å²) in [5.41, 5.74) is 1.28. The third kappa shape index (κ3) is 4.46. The minimum Gasteiger partial charge on any atom is -0.484 e. The fourth-order valence-electron chi connectivity index (χ4n) is 2.16. The van der Waals surface area contributed by atoms with Crippen molar-refractivity contribution < 1.29 is 19.1 Å². The summed E-state index contributed by atoms with van der Waals surface area (Å²) in [7, 11) is 1.35. The van der Waals surface area contributed by atoms with E-state index in [1.807, 2.05) is 24.3 Å². The van der Waals surface area contributed by atoms with E-state index in [4.69, 9.17) is 9.47 Å². The van der Waals surface area contributed by atoms with Crippen molar-refractivity contribution in [2.45, 2.75) is 0 Å². The van der Waals surface area contributed by atoms with Crippen LogP contribution in [0, 0.1) is 0 Å². The predicted molar refractivity (Wildman–Crippen MR) is 99.5 cm³/mol. The number of thiophene rings is 1. The minimum atomic E-state index is -0.372. The summed E-state index contributed by atoms with van der Waals surface area (Å²) in [6.45, 7) is -0.0841. The highest BCUT2D eigenvalue weighted by atomic mass is 32.1. The Balaban J connectivity index is 1.58. The zero-order chi connectivity index (χ0) is 18.4. The molecule has 0 spiro atoms. The molecule has 7 heteroatoms. The number of pyridine rings is 1. The van der Waals surface area contributed by atoms with E-state index in [1.165, 1.54) is 18.4 Å². The van der Waals surface area contributed by atoms with Crippen LogP contribution in [-0.4, -0.2) is 30.6 Å². The van der Waals surface area contributed by atoms with Crippen LogP contribution >= 0.6 is 11.3 Å². The van der Waals surface area contributed by atoms with Gasteiger partial charge in [-0.2, -0.15) is 0 Å². The molecule has 0 atom stereocenters. The minimum absolute atomic E-state index is 0.0841. The van der Waals surface area contributed by atoms with Gasteiger partial charge in [0.2, 0.25) is 0 Å². The van der Waals surface area contributed by atoms with Gasteiger partial charge in [-0.1, -0.05) is 18.2 Å². The van der Waals surface area contributed by atoms with Gasteiger partial charge in [0.15, 0.2) is 6.61 Å². The van der Waals surface area contributed by atoms with Gasteiger partial charge in [-0.25, -0.2) is 4.79 Å². The maximum absolute atomic E-state index is 11.9. The number of para-hydroxylation sites is 1. The molecular weight excluding hydrogens is 352 g/mol. The summed E-state index contributed by atoms with van der Waals surface area (Å²) < 4.78 is 10.1. The molecule has 0 aliphatic heterocycles. The molecule has 0 radical (unpaired) electrons. The second-order valence-corrected chi connectivity index (χ2v) is 6.32. The maximum Gasteiger partial charge on any atom is 0.348 e. The number of amides is 1. The number of anilines is 1. The van der Waals surface area contributed by atoms with Crippen LogP contribution in [0.4, 0.5) is 5.69 Å². The lowest BCUT2D eigenvalue weighted by molar-refractivity contribution is -0.118. The summed E-state index contributed by atoms with van der Waals surface area (Å²) in [5, 5.41) is 2.73. The lowest BCUT2D eigenvalue weighted by Gasteiger charge is -2.07. The van der Waals surface area contributed by atoms with E-state index in [0.717, 1.165) is 4.88 Å². The highest BCUT2D eigenvalue weighted by molar-refractivity contribution is 7.17. The van der Waals surface area contributed by atoms with E-state index in [0.29, 0.717) is 22.0 Å². The number of hydrogen-bond donors (Lipinski definition) is 1. The summed E-state index contributed by atoms with van der Waals surface area (Å²) in [4.78, 5) is 29.1. The molecule has 6 nitrogen and oxygen atoms in total. The Morgan fingerprint density at radius 3 is 2.58 bits per heavy atom. The molecule has 0 aliphatic rings. The molecule has 3 aromatic rings. The van der Waals surface area contributed by atoms with Crippen LogP contribution in [0.1, 0.15) is 9.67 Å². The molecule has 3 rings (SSSR count). The van der Waals surface area contributed by atoms with E-state index < -0.39 is 0 Å². The van der Waals surface area contributed by atoms with Gasteiger partial charge < -0.3 is 14.8 Å². The van der Waals surface area contributed by atoms with E-state index in [1.54, 1.807) is 36.5 Å². The number of esters is 1. The first kappa shape index (κ1) is 17.6. The van der Waals surface area contributed by atoms with Gasteiger partial charge in [-0.15, -0.1) is 11.3 Å². The van der Waals surface area contributed by atoms with Crippen LogP contribution in [0.3, 0.4) is 0 Å². The van der Waals surface area contributed by atoms with Gasteiger partial charge in [-0.05, 0) is 36.4 Å². The van der Waals surface area contributed by atoms with Crippen molar-refractivity contribution in [3.05, 3.63) is 65.7 Å². The number of nitrogens with one attached hydrogen (secondary N) is 1. The fraction of sp³-hybridized carbons (Fsp3) is 0.105. The van der Waals surface area contributed by atoms with Gasteiger partial charge in [0.1, 0.15) is 10.6 Å². The molecule has 0 bridgehead atoms. The Labute approximate surface area is 154 Å². The van der Waals surface area contributed by atoms with E-state index in [2.05, 4.69) is 10.3 Å². The van der Waals surface area contributed by atoms with Crippen molar-refractivity contribution in [2.24, 2.45) is 0 Å². The monoisotopic (exact) mass is 368 g/mol. The zero-order valence-electron chi connectivity index (χ0n) is 14.0. The smallest absolute Gasteiger partial charge is 0.348 e. The largest absolute Gasteiger partial charge is 0.484 e. The quantitative estimate of drug-likeness (QED) is 0.673. The van der Waals surface area contributed by atoms with Crippen molar-refractivity contribution in [3.63, 3.8) is 0 Å². The first-order valence-electron chi connectivity index (χ1n) is 7.78. The summed E-state index contributed by atoms with van der Waals surface area (Å²) >= 11 is 1.30. The van der Waals surface area contributed by atoms with Crippen LogP contribution in [0.5, 0.6) is 5.75 Å². The number of aromatic nitrogens is 1. The molecule has 2 heterocycles. The van der Waals surface area contributed by atoms with Gasteiger partial charge >= 0.3 is 5.97 Å². The summed E-state index contributed by atoms with van der Waals surface area (Å²) in [6, 6.07) is 16.2. The number of rotatable bonds is 6. The first-order valence-corrected chi connectivity index (χ1v) is 8.59. The molecule has 0 saturated heterocycles. The van der Waals surface area contributed by atoms with Gasteiger partial charge in [0.25, 0.3) is 5.91 Å². The average molecular weight is 368 g/mol. The van der Waals surface area contributed by atoms with Crippen LogP contribution in [0.25, 0.3) is 10.6 Å².